The van der Waals surface area contributed by atoms with Crippen molar-refractivity contribution in [2.75, 3.05) is 4.90 Å². The molecule has 1 aliphatic carbocycles. The Hall–Kier alpha value is -8.20. The second-order valence-electron chi connectivity index (χ2n) is 16.8. The maximum Gasteiger partial charge on any atom is 0.0547 e. The summed E-state index contributed by atoms with van der Waals surface area (Å²) in [4.78, 5) is 2.43. The maximum atomic E-state index is 2.44. The van der Waals surface area contributed by atoms with E-state index in [0.29, 0.717) is 0 Å². The van der Waals surface area contributed by atoms with Gasteiger partial charge in [-0.25, -0.2) is 0 Å². The highest BCUT2D eigenvalue weighted by Crippen LogP contribution is 2.42. The first-order valence-corrected chi connectivity index (χ1v) is 22.3. The van der Waals surface area contributed by atoms with E-state index in [9.17, 15) is 0 Å². The van der Waals surface area contributed by atoms with Gasteiger partial charge in [-0.15, -0.1) is 0 Å². The van der Waals surface area contributed by atoms with E-state index in [1.807, 2.05) is 0 Å². The van der Waals surface area contributed by atoms with Gasteiger partial charge in [0.25, 0.3) is 0 Å². The predicted molar refractivity (Wildman–Crippen MR) is 273 cm³/mol. The van der Waals surface area contributed by atoms with E-state index < -0.39 is 0 Å². The Morgan fingerprint density at radius 2 is 0.984 bits per heavy atom. The van der Waals surface area contributed by atoms with E-state index in [0.717, 1.165) is 29.9 Å². The van der Waals surface area contributed by atoms with Gasteiger partial charge < -0.3 is 9.47 Å². The summed E-state index contributed by atoms with van der Waals surface area (Å²) in [5.74, 6) is 0. The molecule has 1 heterocycles. The van der Waals surface area contributed by atoms with Crippen molar-refractivity contribution in [3.63, 3.8) is 0 Å². The summed E-state index contributed by atoms with van der Waals surface area (Å²) in [6.07, 6.45) is 8.72. The molecule has 0 aliphatic heterocycles. The number of hydrogen-bond acceptors (Lipinski definition) is 1. The fourth-order valence-corrected chi connectivity index (χ4v) is 9.91. The molecule has 0 bridgehead atoms. The summed E-state index contributed by atoms with van der Waals surface area (Å²) >= 11 is 0. The highest BCUT2D eigenvalue weighted by atomic mass is 15.1. The number of hydrogen-bond donors (Lipinski definition) is 0. The van der Waals surface area contributed by atoms with Crippen LogP contribution in [-0.2, 0) is 0 Å². The summed E-state index contributed by atoms with van der Waals surface area (Å²) in [6.45, 7) is 0. The summed E-state index contributed by atoms with van der Waals surface area (Å²) in [5.41, 5.74) is 16.8. The van der Waals surface area contributed by atoms with Crippen molar-refractivity contribution in [2.24, 2.45) is 0 Å². The molecule has 0 saturated heterocycles. The standard InChI is InChI=1S/C62H44N2/c1-3-14-43(15-4-1)44-28-30-45(31-29-44)46-34-36-53(37-35-46)63(52-20-5-2-6-21-52)54-22-12-18-49(41-54)48-17-11-19-50(40-48)58-25-13-27-61-62(58)59-24-9-10-26-60(59)64(61)55-38-39-57-51(42-55)33-32-47-16-7-8-23-56(47)57/h1-5,7-20,22-42H,6,21H2. The Balaban J connectivity index is 0.905. The minimum Gasteiger partial charge on any atom is -0.314 e. The van der Waals surface area contributed by atoms with E-state index in [2.05, 4.69) is 252 Å². The molecular weight excluding hydrogens is 773 g/mol. The first kappa shape index (κ1) is 37.6. The minimum atomic E-state index is 0.979. The lowest BCUT2D eigenvalue weighted by Crippen LogP contribution is -2.17. The third-order valence-electron chi connectivity index (χ3n) is 13.0. The normalized spacial score (nSPS) is 12.6. The number of para-hydroxylation sites is 1. The van der Waals surface area contributed by atoms with Crippen molar-refractivity contribution in [1.82, 2.24) is 4.57 Å². The van der Waals surface area contributed by atoms with Crippen molar-refractivity contribution < 1.29 is 0 Å². The summed E-state index contributed by atoms with van der Waals surface area (Å²) in [5, 5.41) is 7.58. The van der Waals surface area contributed by atoms with Crippen molar-refractivity contribution in [2.45, 2.75) is 12.8 Å². The fraction of sp³-hybridized carbons (Fsp3) is 0.0323. The number of nitrogens with zero attached hydrogens (tertiary/aromatic N) is 2. The fourth-order valence-electron chi connectivity index (χ4n) is 9.91. The summed E-state index contributed by atoms with van der Waals surface area (Å²) in [7, 11) is 0. The molecule has 0 unspecified atom stereocenters. The molecule has 0 radical (unpaired) electrons. The van der Waals surface area contributed by atoms with Crippen LogP contribution in [0.5, 0.6) is 0 Å². The van der Waals surface area contributed by atoms with Gasteiger partial charge >= 0.3 is 0 Å². The second-order valence-corrected chi connectivity index (χ2v) is 16.8. The SMILES string of the molecule is C1=CCCC(N(c2ccc(-c3ccc(-c4ccccc4)cc3)cc2)c2cccc(-c3cccc(-c4cccc5c4c4ccccc4n5-c4ccc5c(ccc6ccccc65)c4)c3)c2)=C1. The molecule has 1 aromatic heterocycles. The quantitative estimate of drug-likeness (QED) is 0.139. The lowest BCUT2D eigenvalue weighted by molar-refractivity contribution is 0.918. The minimum absolute atomic E-state index is 0.979. The number of fused-ring (bicyclic) bond motifs is 6. The average Bonchev–Trinajstić information content (AvgIpc) is 3.72. The smallest absolute Gasteiger partial charge is 0.0547 e. The van der Waals surface area contributed by atoms with Crippen LogP contribution in [0, 0.1) is 0 Å². The Kier molecular flexibility index (Phi) is 9.34. The molecule has 0 saturated carbocycles. The Morgan fingerprint density at radius 1 is 0.375 bits per heavy atom. The van der Waals surface area contributed by atoms with E-state index in [-0.39, 0.29) is 0 Å². The van der Waals surface area contributed by atoms with E-state index >= 15 is 0 Å². The molecule has 11 aromatic rings. The van der Waals surface area contributed by atoms with Gasteiger partial charge in [0, 0.05) is 33.5 Å². The van der Waals surface area contributed by atoms with Crippen LogP contribution in [0.1, 0.15) is 12.8 Å². The monoisotopic (exact) mass is 816 g/mol. The van der Waals surface area contributed by atoms with Gasteiger partial charge in [0.15, 0.2) is 0 Å². The molecule has 12 rings (SSSR count). The second kappa shape index (κ2) is 15.9. The van der Waals surface area contributed by atoms with Crippen molar-refractivity contribution >= 4 is 54.7 Å². The van der Waals surface area contributed by atoms with Gasteiger partial charge in [-0.2, -0.15) is 0 Å². The Bertz CT molecular complexity index is 3590. The number of benzene rings is 10. The highest BCUT2D eigenvalue weighted by Gasteiger charge is 2.19. The Morgan fingerprint density at radius 3 is 1.78 bits per heavy atom. The van der Waals surface area contributed by atoms with Gasteiger partial charge in [0.1, 0.15) is 0 Å². The molecule has 2 heteroatoms. The number of allylic oxidation sites excluding steroid dienone is 4. The first-order valence-electron chi connectivity index (χ1n) is 22.3. The topological polar surface area (TPSA) is 8.17 Å². The molecule has 302 valence electrons. The van der Waals surface area contributed by atoms with Crippen LogP contribution >= 0.6 is 0 Å². The van der Waals surface area contributed by atoms with Gasteiger partial charge in [0.2, 0.25) is 0 Å². The Labute approximate surface area is 373 Å². The highest BCUT2D eigenvalue weighted by molar-refractivity contribution is 6.16. The van der Waals surface area contributed by atoms with Crippen molar-refractivity contribution in [3.05, 3.63) is 248 Å². The number of anilines is 2. The van der Waals surface area contributed by atoms with E-state index in [1.165, 1.54) is 93.6 Å². The van der Waals surface area contributed by atoms with Crippen LogP contribution < -0.4 is 4.90 Å². The van der Waals surface area contributed by atoms with Crippen LogP contribution in [0.25, 0.3) is 93.5 Å². The zero-order chi connectivity index (χ0) is 42.4. The third kappa shape index (κ3) is 6.68. The predicted octanol–water partition coefficient (Wildman–Crippen LogP) is 17.1. The molecule has 0 atom stereocenters. The molecular formula is C62H44N2. The third-order valence-corrected chi connectivity index (χ3v) is 13.0. The van der Waals surface area contributed by atoms with Gasteiger partial charge in [-0.05, 0) is 140 Å². The number of rotatable bonds is 8. The largest absolute Gasteiger partial charge is 0.314 e. The number of aromatic nitrogens is 1. The van der Waals surface area contributed by atoms with Gasteiger partial charge in [-0.3, -0.25) is 0 Å². The van der Waals surface area contributed by atoms with Crippen LogP contribution in [0.2, 0.25) is 0 Å². The van der Waals surface area contributed by atoms with Crippen molar-refractivity contribution in [3.8, 4) is 50.2 Å². The molecule has 64 heavy (non-hydrogen) atoms. The van der Waals surface area contributed by atoms with Crippen LogP contribution in [-0.4, -0.2) is 4.57 Å². The van der Waals surface area contributed by atoms with Gasteiger partial charge in [0.05, 0.1) is 11.0 Å². The van der Waals surface area contributed by atoms with Crippen LogP contribution in [0.3, 0.4) is 0 Å². The van der Waals surface area contributed by atoms with Crippen LogP contribution in [0.15, 0.2) is 248 Å². The zero-order valence-electron chi connectivity index (χ0n) is 35.4. The maximum absolute atomic E-state index is 2.44. The molecule has 1 aliphatic rings. The molecule has 0 N–H and O–H groups in total. The average molecular weight is 817 g/mol. The van der Waals surface area contributed by atoms with Gasteiger partial charge in [-0.1, -0.05) is 182 Å². The van der Waals surface area contributed by atoms with E-state index in [1.54, 1.807) is 0 Å². The lowest BCUT2D eigenvalue weighted by Gasteiger charge is -2.29. The van der Waals surface area contributed by atoms with Crippen LogP contribution in [0.4, 0.5) is 11.4 Å². The molecule has 0 fully saturated rings. The molecule has 2 nitrogen and oxygen atoms in total. The molecule has 0 spiro atoms. The first-order chi connectivity index (χ1) is 31.7. The molecule has 10 aromatic carbocycles. The lowest BCUT2D eigenvalue weighted by atomic mass is 9.95. The van der Waals surface area contributed by atoms with Crippen molar-refractivity contribution in [1.29, 1.82) is 0 Å². The summed E-state index contributed by atoms with van der Waals surface area (Å²) in [6, 6.07) is 82.3. The molecule has 0 amide bonds. The zero-order valence-corrected chi connectivity index (χ0v) is 35.4. The van der Waals surface area contributed by atoms with E-state index in [4.69, 9.17) is 0 Å². The summed E-state index contributed by atoms with van der Waals surface area (Å²) < 4.78 is 2.44.